The smallest absolute Gasteiger partial charge is 0.161 e. The fourth-order valence-electron chi connectivity index (χ4n) is 7.11. The first-order valence-corrected chi connectivity index (χ1v) is 9.60. The van der Waals surface area contributed by atoms with Crippen LogP contribution in [0.25, 0.3) is 0 Å². The largest absolute Gasteiger partial charge is 0.393 e. The van der Waals surface area contributed by atoms with E-state index in [4.69, 9.17) is 0 Å². The van der Waals surface area contributed by atoms with E-state index in [2.05, 4.69) is 32.1 Å². The average molecular weight is 330 g/mol. The second kappa shape index (κ2) is 5.54. The zero-order valence-electron chi connectivity index (χ0n) is 14.9. The number of aliphatic hydroxyl groups excluding tert-OH is 2. The van der Waals surface area contributed by atoms with Crippen molar-refractivity contribution in [2.24, 2.45) is 34.5 Å². The van der Waals surface area contributed by atoms with Gasteiger partial charge in [-0.3, -0.25) is 4.79 Å². The normalized spacial score (nSPS) is 49.8. The standard InChI is InChI=1S/C21H30O3/c1-20-10-4-3-5-13(20)6-7-14-15-8-9-16(18(24)12-22)21(15,2)11-17(23)19(14)20/h4-5,10,14-17,19,22-23H,3,6-9,11-12H2,1-2H3/t14-,15-,16+,17-,19+,20-,21-/m0/s1. The van der Waals surface area contributed by atoms with Crippen molar-refractivity contribution in [1.29, 1.82) is 0 Å². The molecule has 0 spiro atoms. The number of allylic oxidation sites excluding steroid dienone is 4. The predicted octanol–water partition coefficient (Wildman–Crippen LogP) is 3.26. The molecular weight excluding hydrogens is 300 g/mol. The van der Waals surface area contributed by atoms with Crippen molar-refractivity contribution >= 4 is 5.78 Å². The highest BCUT2D eigenvalue weighted by molar-refractivity contribution is 5.83. The molecule has 0 aromatic carbocycles. The number of carbonyl (C=O) groups is 1. The van der Waals surface area contributed by atoms with Crippen molar-refractivity contribution < 1.29 is 15.0 Å². The summed E-state index contributed by atoms with van der Waals surface area (Å²) in [5.41, 5.74) is 1.35. The number of hydrogen-bond acceptors (Lipinski definition) is 3. The fourth-order valence-corrected chi connectivity index (χ4v) is 7.11. The summed E-state index contributed by atoms with van der Waals surface area (Å²) in [5, 5.41) is 20.5. The molecule has 0 bridgehead atoms. The van der Waals surface area contributed by atoms with Crippen molar-refractivity contribution in [2.75, 3.05) is 6.61 Å². The van der Waals surface area contributed by atoms with E-state index in [-0.39, 0.29) is 41.2 Å². The van der Waals surface area contributed by atoms with Gasteiger partial charge in [-0.2, -0.15) is 0 Å². The molecule has 4 aliphatic rings. The predicted molar refractivity (Wildman–Crippen MR) is 93.2 cm³/mol. The van der Waals surface area contributed by atoms with Crippen molar-refractivity contribution in [3.63, 3.8) is 0 Å². The molecule has 3 saturated carbocycles. The number of ketones is 1. The Morgan fingerprint density at radius 1 is 1.29 bits per heavy atom. The molecule has 0 amide bonds. The van der Waals surface area contributed by atoms with Crippen molar-refractivity contribution in [3.8, 4) is 0 Å². The molecule has 0 saturated heterocycles. The summed E-state index contributed by atoms with van der Waals surface area (Å²) in [6.45, 7) is 4.15. The second-order valence-corrected chi connectivity index (χ2v) is 9.02. The molecule has 0 aromatic rings. The highest BCUT2D eigenvalue weighted by Crippen LogP contribution is 2.66. The lowest BCUT2D eigenvalue weighted by atomic mass is 9.47. The van der Waals surface area contributed by atoms with Crippen molar-refractivity contribution in [2.45, 2.75) is 58.5 Å². The highest BCUT2D eigenvalue weighted by atomic mass is 16.3. The minimum absolute atomic E-state index is 0.0129. The molecular formula is C21H30O3. The van der Waals surface area contributed by atoms with Gasteiger partial charge in [-0.05, 0) is 55.8 Å². The summed E-state index contributed by atoms with van der Waals surface area (Å²) in [6, 6.07) is 0. The van der Waals surface area contributed by atoms with Crippen molar-refractivity contribution in [1.82, 2.24) is 0 Å². The van der Waals surface area contributed by atoms with Crippen LogP contribution in [0, 0.1) is 34.5 Å². The third-order valence-corrected chi connectivity index (χ3v) is 8.09. The fraction of sp³-hybridized carbons (Fsp3) is 0.762. The molecule has 132 valence electrons. The van der Waals surface area contributed by atoms with Gasteiger partial charge in [-0.25, -0.2) is 0 Å². The molecule has 4 aliphatic carbocycles. The number of aliphatic hydroxyl groups is 2. The molecule has 2 N–H and O–H groups in total. The van der Waals surface area contributed by atoms with Crippen LogP contribution in [0.1, 0.15) is 52.4 Å². The van der Waals surface area contributed by atoms with Crippen LogP contribution in [0.2, 0.25) is 0 Å². The Labute approximate surface area is 144 Å². The monoisotopic (exact) mass is 330 g/mol. The Hall–Kier alpha value is -0.930. The third kappa shape index (κ3) is 2.07. The number of carbonyl (C=O) groups excluding carboxylic acids is 1. The first kappa shape index (κ1) is 16.5. The van der Waals surface area contributed by atoms with Crippen LogP contribution in [-0.4, -0.2) is 28.7 Å². The summed E-state index contributed by atoms with van der Waals surface area (Å²) in [5.74, 6) is 1.16. The summed E-state index contributed by atoms with van der Waals surface area (Å²) < 4.78 is 0. The van der Waals surface area contributed by atoms with Gasteiger partial charge >= 0.3 is 0 Å². The van der Waals surface area contributed by atoms with Crippen LogP contribution in [0.3, 0.4) is 0 Å². The van der Waals surface area contributed by atoms with E-state index >= 15 is 0 Å². The van der Waals surface area contributed by atoms with Crippen molar-refractivity contribution in [3.05, 3.63) is 23.8 Å². The topological polar surface area (TPSA) is 57.5 Å². The Bertz CT molecular complexity index is 606. The first-order valence-electron chi connectivity index (χ1n) is 9.60. The van der Waals surface area contributed by atoms with E-state index in [0.29, 0.717) is 18.3 Å². The highest BCUT2D eigenvalue weighted by Gasteiger charge is 2.62. The van der Waals surface area contributed by atoms with Gasteiger partial charge in [0.05, 0.1) is 6.10 Å². The molecule has 3 heteroatoms. The van der Waals surface area contributed by atoms with E-state index in [9.17, 15) is 15.0 Å². The van der Waals surface area contributed by atoms with Crippen LogP contribution in [0.4, 0.5) is 0 Å². The quantitative estimate of drug-likeness (QED) is 0.764. The molecule has 24 heavy (non-hydrogen) atoms. The molecule has 0 unspecified atom stereocenters. The molecule has 0 aromatic heterocycles. The van der Waals surface area contributed by atoms with Crippen LogP contribution in [-0.2, 0) is 4.79 Å². The number of Topliss-reactive ketones (excluding diaryl/α,β-unsaturated/α-hetero) is 1. The molecule has 0 radical (unpaired) electrons. The zero-order chi connectivity index (χ0) is 17.1. The second-order valence-electron chi connectivity index (χ2n) is 9.02. The lowest BCUT2D eigenvalue weighted by Gasteiger charge is -2.58. The zero-order valence-corrected chi connectivity index (χ0v) is 14.9. The number of fused-ring (bicyclic) bond motifs is 5. The maximum absolute atomic E-state index is 12.3. The van der Waals surface area contributed by atoms with E-state index in [1.165, 1.54) is 5.57 Å². The Morgan fingerprint density at radius 3 is 2.83 bits per heavy atom. The van der Waals surface area contributed by atoms with Gasteiger partial charge in [0.2, 0.25) is 0 Å². The molecule has 0 heterocycles. The number of rotatable bonds is 2. The van der Waals surface area contributed by atoms with E-state index in [1.807, 2.05) is 0 Å². The average Bonchev–Trinajstić information content (AvgIpc) is 2.89. The molecule has 4 rings (SSSR count). The Kier molecular flexibility index (Phi) is 3.81. The summed E-state index contributed by atoms with van der Waals surface area (Å²) in [4.78, 5) is 12.3. The van der Waals surface area contributed by atoms with Gasteiger partial charge in [-0.15, -0.1) is 0 Å². The third-order valence-electron chi connectivity index (χ3n) is 8.09. The molecule has 3 fully saturated rings. The molecule has 0 aliphatic heterocycles. The van der Waals surface area contributed by atoms with Gasteiger partial charge in [0.1, 0.15) is 6.61 Å². The van der Waals surface area contributed by atoms with Crippen LogP contribution in [0.15, 0.2) is 23.8 Å². The van der Waals surface area contributed by atoms with Gasteiger partial charge in [0.25, 0.3) is 0 Å². The van der Waals surface area contributed by atoms with E-state index < -0.39 is 0 Å². The lowest BCUT2D eigenvalue weighted by Crippen LogP contribution is -2.56. The van der Waals surface area contributed by atoms with E-state index in [1.54, 1.807) is 0 Å². The van der Waals surface area contributed by atoms with Crippen LogP contribution in [0.5, 0.6) is 0 Å². The number of hydrogen-bond donors (Lipinski definition) is 2. The maximum atomic E-state index is 12.3. The SMILES string of the molecule is C[C@]12C[C@H](O)[C@H]3[C@@H](CCC4=CCC=C[C@@]43C)[C@@H]1CC[C@@H]2C(=O)CO. The van der Waals surface area contributed by atoms with E-state index in [0.717, 1.165) is 32.1 Å². The summed E-state index contributed by atoms with van der Waals surface area (Å²) in [6.07, 6.45) is 12.5. The molecule has 3 nitrogen and oxygen atoms in total. The lowest BCUT2D eigenvalue weighted by molar-refractivity contribution is -0.141. The van der Waals surface area contributed by atoms with Gasteiger partial charge in [-0.1, -0.05) is 37.6 Å². The first-order chi connectivity index (χ1) is 11.4. The van der Waals surface area contributed by atoms with Gasteiger partial charge in [0, 0.05) is 17.3 Å². The Balaban J connectivity index is 1.71. The Morgan fingerprint density at radius 2 is 2.08 bits per heavy atom. The van der Waals surface area contributed by atoms with Gasteiger partial charge < -0.3 is 10.2 Å². The minimum Gasteiger partial charge on any atom is -0.393 e. The molecule has 7 atom stereocenters. The van der Waals surface area contributed by atoms with Crippen LogP contribution >= 0.6 is 0 Å². The maximum Gasteiger partial charge on any atom is 0.161 e. The van der Waals surface area contributed by atoms with Crippen LogP contribution < -0.4 is 0 Å². The minimum atomic E-state index is -0.361. The summed E-state index contributed by atoms with van der Waals surface area (Å²) in [7, 11) is 0. The summed E-state index contributed by atoms with van der Waals surface area (Å²) >= 11 is 0. The van der Waals surface area contributed by atoms with Gasteiger partial charge in [0.15, 0.2) is 5.78 Å².